The molecule has 1 aliphatic rings. The van der Waals surface area contributed by atoms with Gasteiger partial charge in [0.15, 0.2) is 0 Å². The third-order valence-corrected chi connectivity index (χ3v) is 3.53. The number of carbonyl (C=O) groups is 2. The normalized spacial score (nSPS) is 21.7. The Morgan fingerprint density at radius 2 is 2.22 bits per heavy atom. The lowest BCUT2D eigenvalue weighted by atomic mass is 9.93. The maximum absolute atomic E-state index is 12.1. The third kappa shape index (κ3) is 4.29. The van der Waals surface area contributed by atoms with Crippen molar-refractivity contribution in [1.29, 1.82) is 0 Å². The number of nitrogens with zero attached hydrogens (tertiary/aromatic N) is 1. The number of carboxylic acids is 1. The van der Waals surface area contributed by atoms with Crippen LogP contribution in [-0.2, 0) is 14.3 Å². The van der Waals surface area contributed by atoms with Crippen LogP contribution in [0.25, 0.3) is 0 Å². The Hall–Kier alpha value is -1.10. The molecule has 2 unspecified atom stereocenters. The fraction of sp³-hybridized carbons (Fsp3) is 0.846. The Morgan fingerprint density at radius 3 is 2.78 bits per heavy atom. The van der Waals surface area contributed by atoms with Crippen LogP contribution in [0.5, 0.6) is 0 Å². The Bertz CT molecular complexity index is 289. The molecule has 1 amide bonds. The molecule has 0 aromatic carbocycles. The number of ether oxygens (including phenoxy) is 1. The van der Waals surface area contributed by atoms with Gasteiger partial charge in [-0.15, -0.1) is 0 Å². The zero-order chi connectivity index (χ0) is 13.5. The predicted octanol–water partition coefficient (Wildman–Crippen LogP) is 1.51. The Morgan fingerprint density at radius 1 is 1.50 bits per heavy atom. The number of amides is 1. The minimum absolute atomic E-state index is 0.0417. The van der Waals surface area contributed by atoms with Crippen LogP contribution in [-0.4, -0.2) is 48.2 Å². The molecule has 0 spiro atoms. The number of likely N-dealkylation sites (tertiary alicyclic amines) is 1. The van der Waals surface area contributed by atoms with Gasteiger partial charge >= 0.3 is 5.97 Å². The monoisotopic (exact) mass is 257 g/mol. The number of hydrogen-bond donors (Lipinski definition) is 1. The average molecular weight is 257 g/mol. The zero-order valence-corrected chi connectivity index (χ0v) is 11.2. The van der Waals surface area contributed by atoms with Crippen LogP contribution in [0.15, 0.2) is 0 Å². The zero-order valence-electron chi connectivity index (χ0n) is 11.2. The van der Waals surface area contributed by atoms with Crippen molar-refractivity contribution in [3.05, 3.63) is 0 Å². The highest BCUT2D eigenvalue weighted by atomic mass is 16.5. The first-order chi connectivity index (χ1) is 8.58. The second kappa shape index (κ2) is 7.36. The van der Waals surface area contributed by atoms with E-state index in [1.807, 2.05) is 11.8 Å². The maximum atomic E-state index is 12.1. The Labute approximate surface area is 108 Å². The summed E-state index contributed by atoms with van der Waals surface area (Å²) >= 11 is 0. The van der Waals surface area contributed by atoms with E-state index in [2.05, 4.69) is 0 Å². The van der Waals surface area contributed by atoms with E-state index in [-0.39, 0.29) is 18.4 Å². The van der Waals surface area contributed by atoms with Gasteiger partial charge in [-0.2, -0.15) is 0 Å². The van der Waals surface area contributed by atoms with Gasteiger partial charge in [-0.05, 0) is 31.6 Å². The van der Waals surface area contributed by atoms with Crippen LogP contribution in [0, 0.1) is 5.92 Å². The highest BCUT2D eigenvalue weighted by Crippen LogP contribution is 2.22. The standard InChI is InChI=1S/C13H23NO4/c1-3-11(18-2)13(17)14-8-4-5-10(9-14)6-7-12(15)16/h10-11H,3-9H2,1-2H3,(H,15,16). The number of carboxylic acid groups (broad SMARTS) is 1. The highest BCUT2D eigenvalue weighted by molar-refractivity contribution is 5.81. The van der Waals surface area contributed by atoms with Gasteiger partial charge in [0.1, 0.15) is 6.10 Å². The molecule has 0 aromatic rings. The Balaban J connectivity index is 2.47. The molecule has 5 nitrogen and oxygen atoms in total. The molecular weight excluding hydrogens is 234 g/mol. The molecule has 1 fully saturated rings. The van der Waals surface area contributed by atoms with Crippen LogP contribution >= 0.6 is 0 Å². The summed E-state index contributed by atoms with van der Waals surface area (Å²) in [5, 5.41) is 8.68. The van der Waals surface area contributed by atoms with Crippen molar-refractivity contribution in [2.75, 3.05) is 20.2 Å². The number of hydrogen-bond acceptors (Lipinski definition) is 3. The topological polar surface area (TPSA) is 66.8 Å². The summed E-state index contributed by atoms with van der Waals surface area (Å²) in [6.45, 7) is 3.37. The third-order valence-electron chi connectivity index (χ3n) is 3.53. The molecule has 0 bridgehead atoms. The fourth-order valence-corrected chi connectivity index (χ4v) is 2.47. The summed E-state index contributed by atoms with van der Waals surface area (Å²) in [6, 6.07) is 0. The largest absolute Gasteiger partial charge is 0.481 e. The van der Waals surface area contributed by atoms with E-state index in [0.29, 0.717) is 25.3 Å². The van der Waals surface area contributed by atoms with Crippen molar-refractivity contribution >= 4 is 11.9 Å². The smallest absolute Gasteiger partial charge is 0.303 e. The van der Waals surface area contributed by atoms with E-state index >= 15 is 0 Å². The molecule has 0 aliphatic carbocycles. The van der Waals surface area contributed by atoms with Gasteiger partial charge in [0, 0.05) is 26.6 Å². The van der Waals surface area contributed by atoms with Gasteiger partial charge < -0.3 is 14.7 Å². The highest BCUT2D eigenvalue weighted by Gasteiger charge is 2.28. The van der Waals surface area contributed by atoms with E-state index in [4.69, 9.17) is 9.84 Å². The molecule has 1 heterocycles. The first-order valence-electron chi connectivity index (χ1n) is 6.61. The van der Waals surface area contributed by atoms with Gasteiger partial charge in [0.05, 0.1) is 0 Å². The molecule has 0 radical (unpaired) electrons. The van der Waals surface area contributed by atoms with Crippen molar-refractivity contribution in [3.8, 4) is 0 Å². The first kappa shape index (κ1) is 15.0. The summed E-state index contributed by atoms with van der Waals surface area (Å²) in [5.41, 5.74) is 0. The maximum Gasteiger partial charge on any atom is 0.303 e. The van der Waals surface area contributed by atoms with Crippen molar-refractivity contribution < 1.29 is 19.4 Å². The molecule has 2 atom stereocenters. The van der Waals surface area contributed by atoms with E-state index in [1.54, 1.807) is 7.11 Å². The SMILES string of the molecule is CCC(OC)C(=O)N1CCCC(CCC(=O)O)C1. The summed E-state index contributed by atoms with van der Waals surface area (Å²) in [5.74, 6) is -0.407. The summed E-state index contributed by atoms with van der Waals surface area (Å²) in [4.78, 5) is 24.5. The molecule has 1 saturated heterocycles. The minimum Gasteiger partial charge on any atom is -0.481 e. The fourth-order valence-electron chi connectivity index (χ4n) is 2.47. The van der Waals surface area contributed by atoms with Crippen LogP contribution in [0.2, 0.25) is 0 Å². The molecular formula is C13H23NO4. The lowest BCUT2D eigenvalue weighted by Gasteiger charge is -2.34. The molecule has 5 heteroatoms. The molecule has 0 saturated carbocycles. The molecule has 1 rings (SSSR count). The molecule has 1 N–H and O–H groups in total. The summed E-state index contributed by atoms with van der Waals surface area (Å²) in [7, 11) is 1.55. The number of aliphatic carboxylic acids is 1. The second-order valence-electron chi connectivity index (χ2n) is 4.86. The summed E-state index contributed by atoms with van der Waals surface area (Å²) < 4.78 is 5.16. The van der Waals surface area contributed by atoms with Gasteiger partial charge in [0.25, 0.3) is 5.91 Å². The van der Waals surface area contributed by atoms with Crippen molar-refractivity contribution in [3.63, 3.8) is 0 Å². The lowest BCUT2D eigenvalue weighted by molar-refractivity contribution is -0.144. The van der Waals surface area contributed by atoms with Gasteiger partial charge in [-0.1, -0.05) is 6.92 Å². The van der Waals surface area contributed by atoms with Crippen LogP contribution in [0.3, 0.4) is 0 Å². The Kier molecular flexibility index (Phi) is 6.12. The van der Waals surface area contributed by atoms with Crippen LogP contribution in [0.1, 0.15) is 39.0 Å². The van der Waals surface area contributed by atoms with Crippen LogP contribution < -0.4 is 0 Å². The predicted molar refractivity (Wildman–Crippen MR) is 67.3 cm³/mol. The number of piperidine rings is 1. The first-order valence-corrected chi connectivity index (χ1v) is 6.61. The molecule has 0 aromatic heterocycles. The van der Waals surface area contributed by atoms with Crippen LogP contribution in [0.4, 0.5) is 0 Å². The molecule has 1 aliphatic heterocycles. The van der Waals surface area contributed by atoms with Crippen molar-refractivity contribution in [2.24, 2.45) is 5.92 Å². The number of rotatable bonds is 6. The van der Waals surface area contributed by atoms with Gasteiger partial charge in [-0.25, -0.2) is 0 Å². The van der Waals surface area contributed by atoms with E-state index in [9.17, 15) is 9.59 Å². The van der Waals surface area contributed by atoms with Crippen molar-refractivity contribution in [2.45, 2.75) is 45.1 Å². The van der Waals surface area contributed by atoms with E-state index in [1.165, 1.54) is 0 Å². The summed E-state index contributed by atoms with van der Waals surface area (Å²) in [6.07, 6.45) is 3.13. The second-order valence-corrected chi connectivity index (χ2v) is 4.86. The molecule has 104 valence electrons. The quantitative estimate of drug-likeness (QED) is 0.783. The van der Waals surface area contributed by atoms with E-state index < -0.39 is 5.97 Å². The van der Waals surface area contributed by atoms with Gasteiger partial charge in [0.2, 0.25) is 0 Å². The minimum atomic E-state index is -0.762. The lowest BCUT2D eigenvalue weighted by Crippen LogP contribution is -2.45. The number of carbonyl (C=O) groups excluding carboxylic acids is 1. The number of methoxy groups -OCH3 is 1. The van der Waals surface area contributed by atoms with Gasteiger partial charge in [-0.3, -0.25) is 9.59 Å². The van der Waals surface area contributed by atoms with E-state index in [0.717, 1.165) is 19.4 Å². The van der Waals surface area contributed by atoms with Crippen molar-refractivity contribution in [1.82, 2.24) is 4.90 Å². The molecule has 18 heavy (non-hydrogen) atoms. The average Bonchev–Trinajstić information content (AvgIpc) is 2.38.